The number of nitrogens with zero attached hydrogens (tertiary/aromatic N) is 1. The number of hydrogen-bond acceptors (Lipinski definition) is 6. The van der Waals surface area contributed by atoms with E-state index in [1.54, 1.807) is 43.5 Å². The Hall–Kier alpha value is -3.10. The van der Waals surface area contributed by atoms with E-state index in [1.807, 2.05) is 26.0 Å². The lowest BCUT2D eigenvalue weighted by Gasteiger charge is -2.27. The molecule has 0 saturated carbocycles. The highest BCUT2D eigenvalue weighted by molar-refractivity contribution is 9.10. The van der Waals surface area contributed by atoms with Gasteiger partial charge in [0.25, 0.3) is 5.91 Å². The van der Waals surface area contributed by atoms with Crippen molar-refractivity contribution in [3.8, 4) is 5.75 Å². The molecule has 2 aromatic carbocycles. The molecule has 0 aliphatic carbocycles. The van der Waals surface area contributed by atoms with E-state index in [4.69, 9.17) is 13.9 Å². The molecule has 1 atom stereocenters. The largest absolute Gasteiger partial charge is 0.503 e. The highest BCUT2D eigenvalue weighted by Crippen LogP contribution is 2.40. The molecule has 2 heterocycles. The van der Waals surface area contributed by atoms with Gasteiger partial charge in [-0.15, -0.1) is 0 Å². The second kappa shape index (κ2) is 10.0. The maximum Gasteiger partial charge on any atom is 0.290 e. The van der Waals surface area contributed by atoms with Crippen molar-refractivity contribution >= 4 is 38.6 Å². The molecule has 34 heavy (non-hydrogen) atoms. The highest BCUT2D eigenvalue weighted by Gasteiger charge is 2.44. The van der Waals surface area contributed by atoms with Crippen LogP contribution in [0.1, 0.15) is 42.4 Å². The number of aliphatic hydroxyl groups excluding tert-OH is 1. The summed E-state index contributed by atoms with van der Waals surface area (Å²) in [5.74, 6) is -0.968. The zero-order valence-electron chi connectivity index (χ0n) is 19.2. The lowest BCUT2D eigenvalue weighted by molar-refractivity contribution is -0.129. The van der Waals surface area contributed by atoms with E-state index in [1.165, 1.54) is 4.90 Å². The molecule has 0 saturated heterocycles. The summed E-state index contributed by atoms with van der Waals surface area (Å²) in [6.07, 6.45) is 0.632. The summed E-state index contributed by atoms with van der Waals surface area (Å²) in [7, 11) is 1.57. The number of aliphatic hydroxyl groups is 1. The first-order valence-electron chi connectivity index (χ1n) is 11.0. The van der Waals surface area contributed by atoms with E-state index in [9.17, 15) is 14.7 Å². The Morgan fingerprint density at radius 2 is 1.91 bits per heavy atom. The van der Waals surface area contributed by atoms with Crippen LogP contribution in [-0.2, 0) is 9.53 Å². The second-order valence-electron chi connectivity index (χ2n) is 8.33. The number of furan rings is 1. The van der Waals surface area contributed by atoms with Crippen LogP contribution in [0.5, 0.6) is 5.75 Å². The summed E-state index contributed by atoms with van der Waals surface area (Å²) in [5.41, 5.74) is 1.22. The molecule has 8 heteroatoms. The maximum absolute atomic E-state index is 13.6. The molecular formula is C26H26BrNO6. The van der Waals surface area contributed by atoms with Crippen LogP contribution in [0.15, 0.2) is 68.8 Å². The zero-order valence-corrected chi connectivity index (χ0v) is 20.8. The fraction of sp³-hybridized carbons (Fsp3) is 0.308. The second-order valence-corrected chi connectivity index (χ2v) is 9.25. The van der Waals surface area contributed by atoms with Gasteiger partial charge in [-0.3, -0.25) is 9.59 Å². The summed E-state index contributed by atoms with van der Waals surface area (Å²) >= 11 is 3.41. The number of hydrogen-bond donors (Lipinski definition) is 1. The Labute approximate surface area is 206 Å². The summed E-state index contributed by atoms with van der Waals surface area (Å²) in [5, 5.41) is 11.6. The van der Waals surface area contributed by atoms with Crippen molar-refractivity contribution in [1.82, 2.24) is 4.90 Å². The van der Waals surface area contributed by atoms with Crippen LogP contribution in [0.2, 0.25) is 0 Å². The Bertz CT molecular complexity index is 1240. The van der Waals surface area contributed by atoms with Gasteiger partial charge < -0.3 is 23.9 Å². The summed E-state index contributed by atoms with van der Waals surface area (Å²) in [4.78, 5) is 28.2. The Kier molecular flexibility index (Phi) is 7.09. The number of benzene rings is 2. The summed E-state index contributed by atoms with van der Waals surface area (Å²) in [6.45, 7) is 4.66. The molecule has 1 aliphatic rings. The van der Waals surface area contributed by atoms with E-state index in [2.05, 4.69) is 15.9 Å². The van der Waals surface area contributed by atoms with Gasteiger partial charge >= 0.3 is 0 Å². The van der Waals surface area contributed by atoms with E-state index in [0.29, 0.717) is 36.5 Å². The third-order valence-corrected chi connectivity index (χ3v) is 6.17. The van der Waals surface area contributed by atoms with Gasteiger partial charge in [0.05, 0.1) is 24.8 Å². The lowest BCUT2D eigenvalue weighted by Crippen LogP contribution is -2.32. The van der Waals surface area contributed by atoms with Gasteiger partial charge in [-0.2, -0.15) is 0 Å². The number of ether oxygens (including phenoxy) is 2. The maximum atomic E-state index is 13.6. The molecule has 0 radical (unpaired) electrons. The number of carbonyl (C=O) groups is 2. The Morgan fingerprint density at radius 3 is 2.59 bits per heavy atom. The standard InChI is InChI=1S/C26H26BrNO6/c1-15(2)33-12-4-11-28-23(16-5-8-19(32-3)9-6-16)22(25(30)26(28)31)24(29)21-14-17-13-18(27)7-10-20(17)34-21/h5-10,13-15,23,30H,4,11-12H2,1-3H3. The molecule has 7 nitrogen and oxygen atoms in total. The average Bonchev–Trinajstić information content (AvgIpc) is 3.35. The van der Waals surface area contributed by atoms with Gasteiger partial charge in [0.1, 0.15) is 11.3 Å². The number of amides is 1. The topological polar surface area (TPSA) is 89.2 Å². The van der Waals surface area contributed by atoms with Crippen molar-refractivity contribution in [2.45, 2.75) is 32.4 Å². The van der Waals surface area contributed by atoms with Crippen molar-refractivity contribution < 1.29 is 28.6 Å². The first-order chi connectivity index (χ1) is 16.3. The number of methoxy groups -OCH3 is 1. The van der Waals surface area contributed by atoms with Gasteiger partial charge in [-0.1, -0.05) is 28.1 Å². The van der Waals surface area contributed by atoms with Crippen molar-refractivity contribution in [2.75, 3.05) is 20.3 Å². The molecule has 1 aliphatic heterocycles. The molecule has 1 unspecified atom stereocenters. The molecule has 3 aromatic rings. The molecule has 0 fully saturated rings. The third kappa shape index (κ3) is 4.74. The fourth-order valence-electron chi connectivity index (χ4n) is 4.06. The molecular weight excluding hydrogens is 502 g/mol. The van der Waals surface area contributed by atoms with Crippen LogP contribution >= 0.6 is 15.9 Å². The minimum absolute atomic E-state index is 0.00179. The molecule has 1 N–H and O–H groups in total. The van der Waals surface area contributed by atoms with Crippen LogP contribution in [0.25, 0.3) is 11.0 Å². The predicted octanol–water partition coefficient (Wildman–Crippen LogP) is 5.60. The number of rotatable bonds is 9. The van der Waals surface area contributed by atoms with Crippen molar-refractivity contribution in [3.63, 3.8) is 0 Å². The predicted molar refractivity (Wildman–Crippen MR) is 131 cm³/mol. The van der Waals surface area contributed by atoms with Crippen molar-refractivity contribution in [1.29, 1.82) is 0 Å². The first-order valence-corrected chi connectivity index (χ1v) is 11.8. The van der Waals surface area contributed by atoms with Crippen LogP contribution in [-0.4, -0.2) is 48.1 Å². The van der Waals surface area contributed by atoms with Crippen molar-refractivity contribution in [2.24, 2.45) is 0 Å². The monoisotopic (exact) mass is 527 g/mol. The van der Waals surface area contributed by atoms with Gasteiger partial charge in [0.2, 0.25) is 5.78 Å². The number of carbonyl (C=O) groups excluding carboxylic acids is 2. The van der Waals surface area contributed by atoms with Crippen LogP contribution < -0.4 is 4.74 Å². The Balaban J connectivity index is 1.70. The van der Waals surface area contributed by atoms with Crippen LogP contribution in [0.4, 0.5) is 0 Å². The number of Topliss-reactive ketones (excluding diaryl/α,β-unsaturated/α-hetero) is 1. The van der Waals surface area contributed by atoms with Gasteiger partial charge in [-0.25, -0.2) is 0 Å². The number of ketones is 1. The van der Waals surface area contributed by atoms with E-state index >= 15 is 0 Å². The SMILES string of the molecule is COc1ccc(C2C(C(=O)c3cc4cc(Br)ccc4o3)=C(O)C(=O)N2CCCOC(C)C)cc1. The normalized spacial score (nSPS) is 16.2. The van der Waals surface area contributed by atoms with Crippen LogP contribution in [0.3, 0.4) is 0 Å². The van der Waals surface area contributed by atoms with Gasteiger partial charge in [0.15, 0.2) is 11.5 Å². The third-order valence-electron chi connectivity index (χ3n) is 5.68. The number of fused-ring (bicyclic) bond motifs is 1. The minimum atomic E-state index is -0.759. The number of halogens is 1. The van der Waals surface area contributed by atoms with Gasteiger partial charge in [0, 0.05) is 23.0 Å². The molecule has 4 rings (SSSR count). The zero-order chi connectivity index (χ0) is 24.4. The highest BCUT2D eigenvalue weighted by atomic mass is 79.9. The molecule has 1 aromatic heterocycles. The first kappa shape index (κ1) is 24.0. The quantitative estimate of drug-likeness (QED) is 0.288. The summed E-state index contributed by atoms with van der Waals surface area (Å²) < 4.78 is 17.5. The smallest absolute Gasteiger partial charge is 0.290 e. The molecule has 0 spiro atoms. The molecule has 178 valence electrons. The van der Waals surface area contributed by atoms with Gasteiger partial charge in [-0.05, 0) is 62.2 Å². The Morgan fingerprint density at radius 1 is 1.18 bits per heavy atom. The molecule has 0 bridgehead atoms. The van der Waals surface area contributed by atoms with Crippen LogP contribution in [0, 0.1) is 0 Å². The van der Waals surface area contributed by atoms with Crippen molar-refractivity contribution in [3.05, 3.63) is 75.7 Å². The lowest BCUT2D eigenvalue weighted by atomic mass is 9.95. The van der Waals surface area contributed by atoms with E-state index in [0.717, 1.165) is 9.86 Å². The summed E-state index contributed by atoms with van der Waals surface area (Å²) in [6, 6.07) is 13.4. The van der Waals surface area contributed by atoms with E-state index in [-0.39, 0.29) is 17.4 Å². The average molecular weight is 528 g/mol. The molecule has 1 amide bonds. The minimum Gasteiger partial charge on any atom is -0.503 e. The fourth-order valence-corrected chi connectivity index (χ4v) is 4.44. The van der Waals surface area contributed by atoms with E-state index < -0.39 is 23.5 Å².